The molecule has 0 aromatic heterocycles. The van der Waals surface area contributed by atoms with E-state index in [2.05, 4.69) is 0 Å². The molecule has 0 N–H and O–H groups in total. The molecule has 2 rings (SSSR count). The van der Waals surface area contributed by atoms with E-state index < -0.39 is 30.9 Å². The lowest BCUT2D eigenvalue weighted by Gasteiger charge is -2.23. The van der Waals surface area contributed by atoms with Gasteiger partial charge in [0.05, 0.1) is 13.1 Å². The predicted molar refractivity (Wildman–Crippen MR) is 76.1 cm³/mol. The molecule has 0 unspecified atom stereocenters. The van der Waals surface area contributed by atoms with Crippen molar-refractivity contribution in [3.63, 3.8) is 0 Å². The molecule has 6 nitrogen and oxygen atoms in total. The highest BCUT2D eigenvalue weighted by atomic mass is 35.5. The van der Waals surface area contributed by atoms with Crippen LogP contribution in [0.3, 0.4) is 0 Å². The second-order valence-electron chi connectivity index (χ2n) is 4.79. The van der Waals surface area contributed by atoms with Crippen LogP contribution in [-0.4, -0.2) is 55.9 Å². The highest BCUT2D eigenvalue weighted by molar-refractivity contribution is 6.56. The average molecular weight is 328 g/mol. The standard InChI is InChI=1S/C13H12BClFNO5/c1-17-6-10(18)21-14(22-11(19)7-17)13(16)12(20)8-2-4-9(15)5-3-8/h2-5,13H,6-7H2,1H3/t13-/m0/s1. The summed E-state index contributed by atoms with van der Waals surface area (Å²) in [6.07, 6.45) is -2.31. The molecule has 22 heavy (non-hydrogen) atoms. The van der Waals surface area contributed by atoms with E-state index in [0.29, 0.717) is 5.02 Å². The summed E-state index contributed by atoms with van der Waals surface area (Å²) in [6.45, 7) is -0.402. The number of carbonyl (C=O) groups excluding carboxylic acids is 3. The minimum atomic E-state index is -2.31. The van der Waals surface area contributed by atoms with Crippen LogP contribution in [0.5, 0.6) is 0 Å². The van der Waals surface area contributed by atoms with Gasteiger partial charge in [-0.2, -0.15) is 0 Å². The molecule has 116 valence electrons. The van der Waals surface area contributed by atoms with Crippen LogP contribution in [0.4, 0.5) is 4.39 Å². The first-order chi connectivity index (χ1) is 10.4. The maximum absolute atomic E-state index is 14.3. The van der Waals surface area contributed by atoms with Crippen molar-refractivity contribution in [1.29, 1.82) is 0 Å². The van der Waals surface area contributed by atoms with E-state index in [-0.39, 0.29) is 18.7 Å². The second kappa shape index (κ2) is 6.89. The summed E-state index contributed by atoms with van der Waals surface area (Å²) in [5, 5.41) is 0.388. The molecule has 1 aliphatic rings. The van der Waals surface area contributed by atoms with Gasteiger partial charge in [-0.05, 0) is 31.3 Å². The van der Waals surface area contributed by atoms with Crippen molar-refractivity contribution in [3.8, 4) is 0 Å². The normalized spacial score (nSPS) is 18.0. The fourth-order valence-corrected chi connectivity index (χ4v) is 2.00. The third-order valence-corrected chi connectivity index (χ3v) is 3.16. The molecule has 1 aromatic carbocycles. The number of benzene rings is 1. The minimum Gasteiger partial charge on any atom is -0.496 e. The maximum atomic E-state index is 14.3. The Kier molecular flexibility index (Phi) is 5.15. The first-order valence-electron chi connectivity index (χ1n) is 6.38. The van der Waals surface area contributed by atoms with Crippen LogP contribution < -0.4 is 0 Å². The van der Waals surface area contributed by atoms with Crippen LogP contribution >= 0.6 is 11.6 Å². The Hall–Kier alpha value is -1.93. The second-order valence-corrected chi connectivity index (χ2v) is 5.23. The van der Waals surface area contributed by atoms with Crippen LogP contribution in [0.1, 0.15) is 10.4 Å². The molecule has 1 saturated heterocycles. The van der Waals surface area contributed by atoms with Gasteiger partial charge in [0.1, 0.15) is 0 Å². The van der Waals surface area contributed by atoms with E-state index in [0.717, 1.165) is 0 Å². The Morgan fingerprint density at radius 3 is 2.23 bits per heavy atom. The number of Topliss-reactive ketones (excluding diaryl/α,β-unsaturated/α-hetero) is 1. The Bertz CT molecular complexity index is 577. The van der Waals surface area contributed by atoms with Crippen molar-refractivity contribution in [2.75, 3.05) is 20.1 Å². The summed E-state index contributed by atoms with van der Waals surface area (Å²) in [4.78, 5) is 36.4. The summed E-state index contributed by atoms with van der Waals surface area (Å²) < 4.78 is 23.7. The maximum Gasteiger partial charge on any atom is 0.644 e. The van der Waals surface area contributed by atoms with Crippen LogP contribution in [0.25, 0.3) is 0 Å². The highest BCUT2D eigenvalue weighted by Gasteiger charge is 2.44. The number of hydrogen-bond donors (Lipinski definition) is 0. The fourth-order valence-electron chi connectivity index (χ4n) is 1.87. The number of ketones is 1. The SMILES string of the molecule is CN1CC(=O)OB([C@@H](F)C(=O)c2ccc(Cl)cc2)OC(=O)C1. The lowest BCUT2D eigenvalue weighted by Crippen LogP contribution is -2.48. The summed E-state index contributed by atoms with van der Waals surface area (Å²) in [7, 11) is -0.383. The molecule has 1 aromatic rings. The number of alkyl halides is 1. The van der Waals surface area contributed by atoms with Crippen LogP contribution in [-0.2, 0) is 18.9 Å². The van der Waals surface area contributed by atoms with Crippen LogP contribution in [0, 0.1) is 0 Å². The van der Waals surface area contributed by atoms with Crippen molar-refractivity contribution >= 4 is 36.4 Å². The topological polar surface area (TPSA) is 72.9 Å². The van der Waals surface area contributed by atoms with Gasteiger partial charge in [-0.25, -0.2) is 4.39 Å². The van der Waals surface area contributed by atoms with Gasteiger partial charge in [0, 0.05) is 10.6 Å². The number of rotatable bonds is 3. The van der Waals surface area contributed by atoms with Crippen molar-refractivity contribution in [2.45, 2.75) is 6.07 Å². The Morgan fingerprint density at radius 1 is 1.23 bits per heavy atom. The molecule has 1 heterocycles. The van der Waals surface area contributed by atoms with Gasteiger partial charge < -0.3 is 9.31 Å². The zero-order valence-electron chi connectivity index (χ0n) is 11.6. The molecule has 0 aliphatic carbocycles. The quantitative estimate of drug-likeness (QED) is 0.607. The van der Waals surface area contributed by atoms with E-state index in [1.807, 2.05) is 0 Å². The molecule has 1 fully saturated rings. The third-order valence-electron chi connectivity index (χ3n) is 2.91. The minimum absolute atomic E-state index is 0.0307. The Labute approximate surface area is 131 Å². The predicted octanol–water partition coefficient (Wildman–Crippen LogP) is 0.920. The summed E-state index contributed by atoms with van der Waals surface area (Å²) >= 11 is 5.69. The highest BCUT2D eigenvalue weighted by Crippen LogP contribution is 2.15. The van der Waals surface area contributed by atoms with Gasteiger partial charge in [0.15, 0.2) is 5.78 Å². The summed E-state index contributed by atoms with van der Waals surface area (Å²) in [5.74, 6) is -2.53. The van der Waals surface area contributed by atoms with Gasteiger partial charge in [-0.3, -0.25) is 19.3 Å². The molecular formula is C13H12BClFNO5. The van der Waals surface area contributed by atoms with Gasteiger partial charge in [-0.15, -0.1) is 0 Å². The van der Waals surface area contributed by atoms with E-state index >= 15 is 0 Å². The monoisotopic (exact) mass is 327 g/mol. The van der Waals surface area contributed by atoms with Gasteiger partial charge >= 0.3 is 19.1 Å². The van der Waals surface area contributed by atoms with Crippen molar-refractivity contribution in [1.82, 2.24) is 4.90 Å². The molecule has 0 bridgehead atoms. The van der Waals surface area contributed by atoms with Crippen molar-refractivity contribution in [3.05, 3.63) is 34.9 Å². The Morgan fingerprint density at radius 2 is 1.73 bits per heavy atom. The van der Waals surface area contributed by atoms with E-state index in [1.54, 1.807) is 0 Å². The van der Waals surface area contributed by atoms with E-state index in [1.165, 1.54) is 36.2 Å². The molecule has 0 amide bonds. The largest absolute Gasteiger partial charge is 0.644 e. The van der Waals surface area contributed by atoms with Gasteiger partial charge in [-0.1, -0.05) is 11.6 Å². The van der Waals surface area contributed by atoms with Crippen molar-refractivity contribution in [2.24, 2.45) is 0 Å². The lowest BCUT2D eigenvalue weighted by molar-refractivity contribution is -0.146. The summed E-state index contributed by atoms with van der Waals surface area (Å²) in [6, 6.07) is 5.51. The van der Waals surface area contributed by atoms with E-state index in [9.17, 15) is 18.8 Å². The Balaban J connectivity index is 2.13. The molecule has 1 aliphatic heterocycles. The smallest absolute Gasteiger partial charge is 0.496 e. The van der Waals surface area contributed by atoms with Gasteiger partial charge in [0.25, 0.3) is 0 Å². The summed E-state index contributed by atoms with van der Waals surface area (Å²) in [5.41, 5.74) is 0.0307. The van der Waals surface area contributed by atoms with Crippen LogP contribution in [0.15, 0.2) is 24.3 Å². The van der Waals surface area contributed by atoms with E-state index in [4.69, 9.17) is 20.9 Å². The number of nitrogens with zero attached hydrogens (tertiary/aromatic N) is 1. The zero-order valence-corrected chi connectivity index (χ0v) is 12.4. The molecule has 9 heteroatoms. The first-order valence-corrected chi connectivity index (χ1v) is 6.76. The number of carbonyl (C=O) groups is 3. The lowest BCUT2D eigenvalue weighted by atomic mass is 9.77. The molecule has 0 saturated carbocycles. The van der Waals surface area contributed by atoms with Gasteiger partial charge in [0.2, 0.25) is 6.07 Å². The number of hydrogen-bond acceptors (Lipinski definition) is 6. The molecule has 0 spiro atoms. The van der Waals surface area contributed by atoms with Crippen LogP contribution in [0.2, 0.25) is 5.02 Å². The average Bonchev–Trinajstić information content (AvgIpc) is 2.44. The molecular weight excluding hydrogens is 315 g/mol. The number of likely N-dealkylation sites (N-methyl/N-ethyl adjacent to an activating group) is 1. The third kappa shape index (κ3) is 4.05. The first kappa shape index (κ1) is 16.4. The number of halogens is 2. The fraction of sp³-hybridized carbons (Fsp3) is 0.308. The molecule has 1 atom stereocenters. The molecule has 0 radical (unpaired) electrons. The van der Waals surface area contributed by atoms with Crippen molar-refractivity contribution < 1.29 is 28.1 Å². The zero-order chi connectivity index (χ0) is 16.3.